The predicted molar refractivity (Wildman–Crippen MR) is 136 cm³/mol. The van der Waals surface area contributed by atoms with Crippen LogP contribution in [0.3, 0.4) is 0 Å². The summed E-state index contributed by atoms with van der Waals surface area (Å²) in [5.74, 6) is -1.73. The maximum atomic E-state index is 12.2. The number of phosphoric acid groups is 1. The molecule has 1 atom stereocenters. The third kappa shape index (κ3) is 18.1. The van der Waals surface area contributed by atoms with Crippen molar-refractivity contribution in [3.63, 3.8) is 0 Å². The fourth-order valence-corrected chi connectivity index (χ4v) is 4.22. The lowest BCUT2D eigenvalue weighted by molar-refractivity contribution is -0.308. The summed E-state index contributed by atoms with van der Waals surface area (Å²) in [5, 5.41) is 13.9. The van der Waals surface area contributed by atoms with Gasteiger partial charge in [0, 0.05) is 6.42 Å². The molecule has 1 aromatic carbocycles. The predicted octanol–water partition coefficient (Wildman–Crippen LogP) is 4.79. The Kier molecular flexibility index (Phi) is 18.2. The van der Waals surface area contributed by atoms with Crippen LogP contribution in [0.25, 0.3) is 0 Å². The molecule has 1 rings (SSSR count). The second kappa shape index (κ2) is 19.3. The molecule has 0 saturated carbocycles. The standard InChI is InChI=1S/C25H42NO7P.H3N/c1-2-3-4-5-6-7-8-9-10-11-12-13-14-15-24(27)26-23(25(28)29)20-21-16-18-22(19-17-21)33-34(30,31)32;/h16-19,23H,2-15,20H2,1H3,(H,26,27)(H,28,29)(H2,30,31,32);1H3. The van der Waals surface area contributed by atoms with Crippen LogP contribution < -0.4 is 21.1 Å². The van der Waals surface area contributed by atoms with Crippen molar-refractivity contribution in [2.75, 3.05) is 0 Å². The van der Waals surface area contributed by atoms with Gasteiger partial charge in [0.15, 0.2) is 0 Å². The number of carbonyl (C=O) groups excluding carboxylic acids is 2. The molecular formula is C25H45N2O7P. The maximum absolute atomic E-state index is 12.2. The number of amides is 1. The highest BCUT2D eigenvalue weighted by Gasteiger charge is 2.17. The first-order chi connectivity index (χ1) is 16.2. The van der Waals surface area contributed by atoms with Crippen LogP contribution in [0.1, 0.15) is 102 Å². The minimum atomic E-state index is -4.66. The Balaban J connectivity index is 0.0000116. The van der Waals surface area contributed by atoms with Crippen LogP contribution in [0, 0.1) is 0 Å². The van der Waals surface area contributed by atoms with E-state index in [1.54, 1.807) is 0 Å². The van der Waals surface area contributed by atoms with E-state index in [-0.39, 0.29) is 30.6 Å². The monoisotopic (exact) mass is 516 g/mol. The molecule has 0 fully saturated rings. The Morgan fingerprint density at radius 2 is 1.34 bits per heavy atom. The van der Waals surface area contributed by atoms with Gasteiger partial charge in [0.05, 0.1) is 12.0 Å². The summed E-state index contributed by atoms with van der Waals surface area (Å²) in [6.45, 7) is 2.23. The number of carboxylic acids is 1. The lowest BCUT2D eigenvalue weighted by atomic mass is 10.0. The summed E-state index contributed by atoms with van der Waals surface area (Å²) < 4.78 is 15.3. The van der Waals surface area contributed by atoms with E-state index in [1.807, 2.05) is 0 Å². The number of hydrogen-bond donors (Lipinski definition) is 4. The van der Waals surface area contributed by atoms with Gasteiger partial charge in [0.25, 0.3) is 0 Å². The Morgan fingerprint density at radius 3 is 1.77 bits per heavy atom. The van der Waals surface area contributed by atoms with Gasteiger partial charge in [-0.2, -0.15) is 0 Å². The first-order valence-corrected chi connectivity index (χ1v) is 14.1. The first kappa shape index (κ1) is 33.1. The molecule has 0 spiro atoms. The zero-order valence-electron chi connectivity index (χ0n) is 21.4. The molecular weight excluding hydrogens is 471 g/mol. The Morgan fingerprint density at radius 1 is 0.886 bits per heavy atom. The number of nitrogens with one attached hydrogen (secondary N) is 1. The second-order valence-corrected chi connectivity index (χ2v) is 10.0. The van der Waals surface area contributed by atoms with Crippen LogP contribution in [0.2, 0.25) is 0 Å². The van der Waals surface area contributed by atoms with Gasteiger partial charge in [0.1, 0.15) is 5.75 Å². The number of aliphatic carboxylic acids is 1. The fourth-order valence-electron chi connectivity index (χ4n) is 3.82. The summed E-state index contributed by atoms with van der Waals surface area (Å²) in [4.78, 5) is 41.2. The first-order valence-electron chi connectivity index (χ1n) is 12.6. The van der Waals surface area contributed by atoms with E-state index in [9.17, 15) is 19.3 Å². The van der Waals surface area contributed by atoms with Crippen molar-refractivity contribution < 1.29 is 33.6 Å². The topological polar surface area (TPSA) is 172 Å². The van der Waals surface area contributed by atoms with Gasteiger partial charge in [-0.15, -0.1) is 0 Å². The van der Waals surface area contributed by atoms with Crippen LogP contribution in [0.15, 0.2) is 24.3 Å². The van der Waals surface area contributed by atoms with E-state index in [4.69, 9.17) is 9.79 Å². The molecule has 35 heavy (non-hydrogen) atoms. The Hall–Kier alpha value is -1.93. The van der Waals surface area contributed by atoms with Gasteiger partial charge in [-0.1, -0.05) is 96.1 Å². The third-order valence-electron chi connectivity index (χ3n) is 5.71. The lowest BCUT2D eigenvalue weighted by Gasteiger charge is -2.20. The highest BCUT2D eigenvalue weighted by molar-refractivity contribution is 7.46. The van der Waals surface area contributed by atoms with E-state index in [0.717, 1.165) is 19.3 Å². The Bertz CT molecular complexity index is 753. The number of unbranched alkanes of at least 4 members (excludes halogenated alkanes) is 12. The molecule has 0 radical (unpaired) electrons. The van der Waals surface area contributed by atoms with Crippen molar-refractivity contribution >= 4 is 19.7 Å². The Labute approximate surface area is 209 Å². The number of hydrogen-bond acceptors (Lipinski definition) is 5. The average molecular weight is 517 g/mol. The van der Waals surface area contributed by atoms with E-state index < -0.39 is 19.8 Å². The number of quaternary nitrogens is 1. The minimum Gasteiger partial charge on any atom is -0.548 e. The van der Waals surface area contributed by atoms with Crippen molar-refractivity contribution in [2.24, 2.45) is 0 Å². The highest BCUT2D eigenvalue weighted by atomic mass is 31.2. The molecule has 1 unspecified atom stereocenters. The largest absolute Gasteiger partial charge is 0.548 e. The lowest BCUT2D eigenvalue weighted by Crippen LogP contribution is -2.49. The summed E-state index contributed by atoms with van der Waals surface area (Å²) in [6, 6.07) is 4.45. The van der Waals surface area contributed by atoms with E-state index in [0.29, 0.717) is 5.56 Å². The number of rotatable bonds is 20. The highest BCUT2D eigenvalue weighted by Crippen LogP contribution is 2.37. The molecule has 9 nitrogen and oxygen atoms in total. The molecule has 0 bridgehead atoms. The summed E-state index contributed by atoms with van der Waals surface area (Å²) >= 11 is 0. The van der Waals surface area contributed by atoms with Crippen LogP contribution in [0.5, 0.6) is 5.75 Å². The van der Waals surface area contributed by atoms with Crippen LogP contribution in [0.4, 0.5) is 0 Å². The van der Waals surface area contributed by atoms with Crippen LogP contribution >= 0.6 is 7.82 Å². The summed E-state index contributed by atoms with van der Waals surface area (Å²) in [7, 11) is -4.66. The molecule has 10 heteroatoms. The molecule has 0 heterocycles. The smallest absolute Gasteiger partial charge is 0.524 e. The normalized spacial score (nSPS) is 12.0. The van der Waals surface area contributed by atoms with Gasteiger partial charge in [-0.05, 0) is 30.5 Å². The molecule has 0 aromatic heterocycles. The van der Waals surface area contributed by atoms with Crippen molar-refractivity contribution in [3.8, 4) is 5.75 Å². The molecule has 0 aliphatic heterocycles. The molecule has 0 saturated heterocycles. The number of carbonyl (C=O) groups is 2. The average Bonchev–Trinajstić information content (AvgIpc) is 2.76. The third-order valence-corrected chi connectivity index (χ3v) is 6.16. The minimum absolute atomic E-state index is 0. The van der Waals surface area contributed by atoms with Gasteiger partial charge < -0.3 is 25.9 Å². The van der Waals surface area contributed by atoms with Crippen molar-refractivity contribution in [1.82, 2.24) is 11.5 Å². The van der Waals surface area contributed by atoms with Gasteiger partial charge >= 0.3 is 7.82 Å². The van der Waals surface area contributed by atoms with Crippen molar-refractivity contribution in [2.45, 2.75) is 109 Å². The fraction of sp³-hybridized carbons (Fsp3) is 0.680. The molecule has 7 N–H and O–H groups in total. The van der Waals surface area contributed by atoms with Crippen LogP contribution in [-0.2, 0) is 20.6 Å². The summed E-state index contributed by atoms with van der Waals surface area (Å²) in [5.41, 5.74) is 0.563. The molecule has 1 amide bonds. The van der Waals surface area contributed by atoms with E-state index in [1.165, 1.54) is 88.5 Å². The zero-order chi connectivity index (χ0) is 25.2. The van der Waals surface area contributed by atoms with Gasteiger partial charge in [-0.25, -0.2) is 4.57 Å². The van der Waals surface area contributed by atoms with Crippen molar-refractivity contribution in [3.05, 3.63) is 29.8 Å². The molecule has 0 aliphatic carbocycles. The number of phosphoric ester groups is 1. The van der Waals surface area contributed by atoms with Crippen molar-refractivity contribution in [1.29, 1.82) is 0 Å². The van der Waals surface area contributed by atoms with E-state index in [2.05, 4.69) is 16.8 Å². The van der Waals surface area contributed by atoms with Gasteiger partial charge in [0.2, 0.25) is 5.91 Å². The van der Waals surface area contributed by atoms with Crippen LogP contribution in [-0.4, -0.2) is 27.7 Å². The maximum Gasteiger partial charge on any atom is 0.524 e. The SMILES string of the molecule is CCCCCCCCCCCCCCCC(=O)NC(Cc1ccc(OP(=O)(O)O)cc1)C(=O)[O-].[NH4+]. The number of benzene rings is 1. The summed E-state index contributed by atoms with van der Waals surface area (Å²) in [6.07, 6.45) is 16.0. The van der Waals surface area contributed by atoms with E-state index >= 15 is 0 Å². The number of carboxylic acid groups (broad SMARTS) is 1. The zero-order valence-corrected chi connectivity index (χ0v) is 22.3. The van der Waals surface area contributed by atoms with Gasteiger partial charge in [-0.3, -0.25) is 14.6 Å². The molecule has 1 aromatic rings. The second-order valence-electron chi connectivity index (χ2n) is 8.86. The molecule has 202 valence electrons. The molecule has 0 aliphatic rings. The quantitative estimate of drug-likeness (QED) is 0.142.